The minimum absolute atomic E-state index is 0. The van der Waals surface area contributed by atoms with Crippen LogP contribution in [0.5, 0.6) is 0 Å². The van der Waals surface area contributed by atoms with Crippen molar-refractivity contribution in [1.82, 2.24) is 10.3 Å². The molecule has 1 aromatic heterocycles. The van der Waals surface area contributed by atoms with Gasteiger partial charge in [-0.25, -0.2) is 0 Å². The lowest BCUT2D eigenvalue weighted by molar-refractivity contribution is -0.116. The van der Waals surface area contributed by atoms with E-state index in [0.29, 0.717) is 23.4 Å². The van der Waals surface area contributed by atoms with Crippen molar-refractivity contribution in [3.8, 4) is 0 Å². The average Bonchev–Trinajstić information content (AvgIpc) is 2.63. The maximum atomic E-state index is 12.3. The summed E-state index contributed by atoms with van der Waals surface area (Å²) in [5.74, 6) is 1.76. The number of pyridine rings is 1. The fourth-order valence-corrected chi connectivity index (χ4v) is 3.51. The molecule has 27 heavy (non-hydrogen) atoms. The molecule has 1 saturated heterocycles. The van der Waals surface area contributed by atoms with E-state index < -0.39 is 0 Å². The molecule has 6 nitrogen and oxygen atoms in total. The highest BCUT2D eigenvalue weighted by molar-refractivity contribution is 7.99. The molecule has 2 aromatic rings. The van der Waals surface area contributed by atoms with Crippen LogP contribution in [0.25, 0.3) is 0 Å². The van der Waals surface area contributed by atoms with Gasteiger partial charge in [0.2, 0.25) is 5.91 Å². The third-order valence-electron chi connectivity index (χ3n) is 3.78. The number of nitrogens with zero attached hydrogens (tertiary/aromatic N) is 1. The number of anilines is 2. The number of halogens is 2. The maximum absolute atomic E-state index is 12.3. The van der Waals surface area contributed by atoms with Crippen LogP contribution in [0.3, 0.4) is 0 Å². The zero-order chi connectivity index (χ0) is 17.5. The monoisotopic (exact) mass is 428 g/mol. The van der Waals surface area contributed by atoms with Gasteiger partial charge in [0.15, 0.2) is 0 Å². The Morgan fingerprint density at radius 2 is 1.89 bits per heavy atom. The molecule has 146 valence electrons. The highest BCUT2D eigenvalue weighted by atomic mass is 35.5. The SMILES string of the molecule is Cl.Cl.O=C(CC1CSCCN1)Nc1cccc(C(=O)Nc2ccncc2)c1. The van der Waals surface area contributed by atoms with Gasteiger partial charge in [-0.05, 0) is 30.3 Å². The molecule has 1 atom stereocenters. The first-order valence-corrected chi connectivity index (χ1v) is 9.28. The number of benzene rings is 1. The molecule has 0 saturated carbocycles. The van der Waals surface area contributed by atoms with Crippen molar-refractivity contribution in [3.63, 3.8) is 0 Å². The number of thioether (sulfide) groups is 1. The van der Waals surface area contributed by atoms with Crippen molar-refractivity contribution in [2.24, 2.45) is 0 Å². The number of rotatable bonds is 5. The second-order valence-corrected chi connectivity index (χ2v) is 6.90. The van der Waals surface area contributed by atoms with Crippen LogP contribution in [0.1, 0.15) is 16.8 Å². The summed E-state index contributed by atoms with van der Waals surface area (Å²) in [5, 5.41) is 9.01. The summed E-state index contributed by atoms with van der Waals surface area (Å²) < 4.78 is 0. The van der Waals surface area contributed by atoms with Gasteiger partial charge in [0.25, 0.3) is 5.91 Å². The van der Waals surface area contributed by atoms with Crippen molar-refractivity contribution in [2.75, 3.05) is 28.7 Å². The smallest absolute Gasteiger partial charge is 0.255 e. The second kappa shape index (κ2) is 11.8. The topological polar surface area (TPSA) is 83.1 Å². The van der Waals surface area contributed by atoms with E-state index in [1.807, 2.05) is 11.8 Å². The highest BCUT2D eigenvalue weighted by Gasteiger charge is 2.17. The highest BCUT2D eigenvalue weighted by Crippen LogP contribution is 2.15. The molecule has 0 spiro atoms. The van der Waals surface area contributed by atoms with E-state index in [9.17, 15) is 9.59 Å². The van der Waals surface area contributed by atoms with Crippen molar-refractivity contribution < 1.29 is 9.59 Å². The van der Waals surface area contributed by atoms with Crippen LogP contribution in [0, 0.1) is 0 Å². The van der Waals surface area contributed by atoms with Gasteiger partial charge in [-0.15, -0.1) is 24.8 Å². The molecule has 2 heterocycles. The molecule has 1 aliphatic rings. The summed E-state index contributed by atoms with van der Waals surface area (Å²) in [6.45, 7) is 0.938. The molecular formula is C18H22Cl2N4O2S. The Labute approximate surface area is 175 Å². The van der Waals surface area contributed by atoms with Gasteiger partial charge in [0, 0.05) is 59.8 Å². The van der Waals surface area contributed by atoms with Crippen molar-refractivity contribution in [3.05, 3.63) is 54.4 Å². The number of hydrogen-bond donors (Lipinski definition) is 3. The Morgan fingerprint density at radius 1 is 1.11 bits per heavy atom. The first-order chi connectivity index (χ1) is 12.2. The quantitative estimate of drug-likeness (QED) is 0.680. The largest absolute Gasteiger partial charge is 0.326 e. The predicted molar refractivity (Wildman–Crippen MR) is 115 cm³/mol. The standard InChI is InChI=1S/C18H20N4O2S.2ClH/c23-17(11-16-12-25-9-8-20-16)21-15-3-1-2-13(10-15)18(24)22-14-4-6-19-7-5-14;;/h1-7,10,16,20H,8-9,11-12H2,(H,21,23)(H,19,22,24);2*1H. The molecule has 3 rings (SSSR count). The predicted octanol–water partition coefficient (Wildman–Crippen LogP) is 3.21. The summed E-state index contributed by atoms with van der Waals surface area (Å²) in [7, 11) is 0. The van der Waals surface area contributed by atoms with E-state index in [-0.39, 0.29) is 42.7 Å². The summed E-state index contributed by atoms with van der Waals surface area (Å²) in [6.07, 6.45) is 3.66. The van der Waals surface area contributed by atoms with E-state index in [0.717, 1.165) is 18.1 Å². The van der Waals surface area contributed by atoms with Gasteiger partial charge < -0.3 is 16.0 Å². The zero-order valence-electron chi connectivity index (χ0n) is 14.5. The Kier molecular flexibility index (Phi) is 10.2. The molecule has 0 bridgehead atoms. The molecule has 9 heteroatoms. The van der Waals surface area contributed by atoms with E-state index >= 15 is 0 Å². The van der Waals surface area contributed by atoms with Gasteiger partial charge in [0.05, 0.1) is 0 Å². The molecule has 1 fully saturated rings. The molecule has 1 aromatic carbocycles. The summed E-state index contributed by atoms with van der Waals surface area (Å²) in [4.78, 5) is 28.4. The Bertz CT molecular complexity index is 743. The number of nitrogens with one attached hydrogen (secondary N) is 3. The number of aromatic nitrogens is 1. The van der Waals surface area contributed by atoms with Crippen LogP contribution >= 0.6 is 36.6 Å². The molecule has 0 aliphatic carbocycles. The minimum atomic E-state index is -0.229. The minimum Gasteiger partial charge on any atom is -0.326 e. The number of carbonyl (C=O) groups is 2. The van der Waals surface area contributed by atoms with Gasteiger partial charge in [-0.1, -0.05) is 6.07 Å². The van der Waals surface area contributed by atoms with Gasteiger partial charge >= 0.3 is 0 Å². The van der Waals surface area contributed by atoms with Crippen molar-refractivity contribution in [1.29, 1.82) is 0 Å². The molecule has 3 N–H and O–H groups in total. The van der Waals surface area contributed by atoms with Gasteiger partial charge in [0.1, 0.15) is 0 Å². The Balaban J connectivity index is 0.00000182. The molecule has 1 unspecified atom stereocenters. The summed E-state index contributed by atoms with van der Waals surface area (Å²) in [5.41, 5.74) is 1.78. The van der Waals surface area contributed by atoms with E-state index in [1.165, 1.54) is 0 Å². The van der Waals surface area contributed by atoms with Crippen LogP contribution in [0.15, 0.2) is 48.8 Å². The summed E-state index contributed by atoms with van der Waals surface area (Å²) in [6, 6.07) is 10.6. The first kappa shape index (κ1) is 23.2. The number of hydrogen-bond acceptors (Lipinski definition) is 5. The number of carbonyl (C=O) groups excluding carboxylic acids is 2. The van der Waals surface area contributed by atoms with E-state index in [2.05, 4.69) is 20.9 Å². The number of amides is 2. The normalized spacial score (nSPS) is 15.6. The third-order valence-corrected chi connectivity index (χ3v) is 4.91. The fraction of sp³-hybridized carbons (Fsp3) is 0.278. The maximum Gasteiger partial charge on any atom is 0.255 e. The van der Waals surface area contributed by atoms with Crippen molar-refractivity contribution >= 4 is 59.8 Å². The lowest BCUT2D eigenvalue weighted by Crippen LogP contribution is -2.39. The zero-order valence-corrected chi connectivity index (χ0v) is 17.0. The van der Waals surface area contributed by atoms with Gasteiger partial charge in [-0.2, -0.15) is 11.8 Å². The Morgan fingerprint density at radius 3 is 2.59 bits per heavy atom. The van der Waals surface area contributed by atoms with Crippen LogP contribution in [0.2, 0.25) is 0 Å². The van der Waals surface area contributed by atoms with Crippen LogP contribution < -0.4 is 16.0 Å². The van der Waals surface area contributed by atoms with E-state index in [1.54, 1.807) is 48.8 Å². The van der Waals surface area contributed by atoms with E-state index in [4.69, 9.17) is 0 Å². The third kappa shape index (κ3) is 7.38. The lowest BCUT2D eigenvalue weighted by atomic mass is 10.1. The van der Waals surface area contributed by atoms with Crippen LogP contribution in [-0.4, -0.2) is 40.9 Å². The fourth-order valence-electron chi connectivity index (χ4n) is 2.56. The average molecular weight is 429 g/mol. The van der Waals surface area contributed by atoms with Crippen LogP contribution in [-0.2, 0) is 4.79 Å². The van der Waals surface area contributed by atoms with Crippen molar-refractivity contribution in [2.45, 2.75) is 12.5 Å². The van der Waals surface area contributed by atoms with Crippen LogP contribution in [0.4, 0.5) is 11.4 Å². The molecule has 1 aliphatic heterocycles. The molecular weight excluding hydrogens is 407 g/mol. The first-order valence-electron chi connectivity index (χ1n) is 8.13. The Hall–Kier alpha value is -1.80. The van der Waals surface area contributed by atoms with Gasteiger partial charge in [-0.3, -0.25) is 14.6 Å². The lowest BCUT2D eigenvalue weighted by Gasteiger charge is -2.22. The molecule has 0 radical (unpaired) electrons. The molecule has 2 amide bonds. The summed E-state index contributed by atoms with van der Waals surface area (Å²) >= 11 is 1.86. The second-order valence-electron chi connectivity index (χ2n) is 5.75.